The number of fused-ring (bicyclic) bond motifs is 1. The number of hydrogen-bond acceptors (Lipinski definition) is 4. The fourth-order valence-corrected chi connectivity index (χ4v) is 2.79. The molecule has 0 unspecified atom stereocenters. The maximum atomic E-state index is 4.52. The van der Waals surface area contributed by atoms with Crippen LogP contribution < -0.4 is 10.2 Å². The molecule has 5 heteroatoms. The van der Waals surface area contributed by atoms with Crippen LogP contribution in [0.2, 0.25) is 0 Å². The molecule has 1 N–H and O–H groups in total. The van der Waals surface area contributed by atoms with Crippen molar-refractivity contribution in [2.45, 2.75) is 0 Å². The predicted octanol–water partition coefficient (Wildman–Crippen LogP) is 1.81. The summed E-state index contributed by atoms with van der Waals surface area (Å²) in [5.41, 5.74) is 3.26. The van der Waals surface area contributed by atoms with Gasteiger partial charge in [-0.25, -0.2) is 4.98 Å². The number of pyridine rings is 2. The maximum absolute atomic E-state index is 4.52. The number of anilines is 1. The molecule has 0 spiro atoms. The van der Waals surface area contributed by atoms with Gasteiger partial charge in [-0.3, -0.25) is 9.38 Å². The minimum Gasteiger partial charge on any atom is -0.369 e. The van der Waals surface area contributed by atoms with Gasteiger partial charge >= 0.3 is 0 Å². The second kappa shape index (κ2) is 5.18. The first-order valence-electron chi connectivity index (χ1n) is 7.26. The van der Waals surface area contributed by atoms with Crippen LogP contribution in [0.25, 0.3) is 17.0 Å². The van der Waals surface area contributed by atoms with Crippen molar-refractivity contribution in [3.63, 3.8) is 0 Å². The van der Waals surface area contributed by atoms with Crippen LogP contribution in [-0.4, -0.2) is 40.5 Å². The minimum absolute atomic E-state index is 0.887. The first-order valence-corrected chi connectivity index (χ1v) is 7.26. The van der Waals surface area contributed by atoms with Gasteiger partial charge in [-0.2, -0.15) is 0 Å². The SMILES string of the molecule is c1ccc(-c2ncc3cc(N4CCNCC4)ccn23)nc1. The number of piperazine rings is 1. The highest BCUT2D eigenvalue weighted by Crippen LogP contribution is 2.22. The summed E-state index contributed by atoms with van der Waals surface area (Å²) in [6.07, 6.45) is 5.80. The molecular formula is C16H17N5. The van der Waals surface area contributed by atoms with Crippen molar-refractivity contribution in [3.8, 4) is 11.5 Å². The van der Waals surface area contributed by atoms with Crippen LogP contribution in [0.1, 0.15) is 0 Å². The highest BCUT2D eigenvalue weighted by Gasteiger charge is 2.12. The van der Waals surface area contributed by atoms with E-state index in [-0.39, 0.29) is 0 Å². The molecule has 3 aromatic rings. The minimum atomic E-state index is 0.887. The van der Waals surface area contributed by atoms with Crippen molar-refractivity contribution >= 4 is 11.2 Å². The lowest BCUT2D eigenvalue weighted by Crippen LogP contribution is -2.43. The molecule has 0 saturated carbocycles. The lowest BCUT2D eigenvalue weighted by atomic mass is 10.2. The summed E-state index contributed by atoms with van der Waals surface area (Å²) in [6, 6.07) is 10.2. The van der Waals surface area contributed by atoms with Crippen LogP contribution in [0.5, 0.6) is 0 Å². The Bertz CT molecular complexity index is 744. The molecule has 5 nitrogen and oxygen atoms in total. The van der Waals surface area contributed by atoms with Gasteiger partial charge in [0.15, 0.2) is 5.82 Å². The van der Waals surface area contributed by atoms with Crippen LogP contribution in [0, 0.1) is 0 Å². The predicted molar refractivity (Wildman–Crippen MR) is 83.5 cm³/mol. The van der Waals surface area contributed by atoms with E-state index in [9.17, 15) is 0 Å². The Kier molecular flexibility index (Phi) is 3.05. The van der Waals surface area contributed by atoms with Gasteiger partial charge < -0.3 is 10.2 Å². The molecule has 0 amide bonds. The summed E-state index contributed by atoms with van der Waals surface area (Å²) < 4.78 is 2.09. The summed E-state index contributed by atoms with van der Waals surface area (Å²) >= 11 is 0. The second-order valence-corrected chi connectivity index (χ2v) is 5.21. The van der Waals surface area contributed by atoms with Crippen molar-refractivity contribution < 1.29 is 0 Å². The van der Waals surface area contributed by atoms with E-state index in [1.165, 1.54) is 5.69 Å². The van der Waals surface area contributed by atoms with E-state index < -0.39 is 0 Å². The Balaban J connectivity index is 1.74. The molecule has 0 radical (unpaired) electrons. The van der Waals surface area contributed by atoms with E-state index in [2.05, 4.69) is 42.9 Å². The normalized spacial score (nSPS) is 15.5. The zero-order valence-corrected chi connectivity index (χ0v) is 11.7. The summed E-state index contributed by atoms with van der Waals surface area (Å²) in [5.74, 6) is 0.887. The van der Waals surface area contributed by atoms with Crippen LogP contribution in [-0.2, 0) is 0 Å². The van der Waals surface area contributed by atoms with E-state index in [0.29, 0.717) is 0 Å². The summed E-state index contributed by atoms with van der Waals surface area (Å²) in [7, 11) is 0. The average Bonchev–Trinajstić information content (AvgIpc) is 2.99. The van der Waals surface area contributed by atoms with Crippen LogP contribution in [0.15, 0.2) is 48.9 Å². The van der Waals surface area contributed by atoms with Gasteiger partial charge in [-0.05, 0) is 24.3 Å². The quantitative estimate of drug-likeness (QED) is 0.777. The molecule has 3 aromatic heterocycles. The Morgan fingerprint density at radius 3 is 2.76 bits per heavy atom. The zero-order valence-electron chi connectivity index (χ0n) is 11.7. The molecule has 0 aliphatic carbocycles. The topological polar surface area (TPSA) is 45.5 Å². The third kappa shape index (κ3) is 2.25. The summed E-state index contributed by atoms with van der Waals surface area (Å²) in [6.45, 7) is 4.20. The van der Waals surface area contributed by atoms with E-state index in [4.69, 9.17) is 0 Å². The number of nitrogens with one attached hydrogen (secondary N) is 1. The van der Waals surface area contributed by atoms with Crippen molar-refractivity contribution in [2.75, 3.05) is 31.1 Å². The van der Waals surface area contributed by atoms with E-state index in [0.717, 1.165) is 43.2 Å². The van der Waals surface area contributed by atoms with E-state index in [1.807, 2.05) is 24.4 Å². The molecular weight excluding hydrogens is 262 g/mol. The van der Waals surface area contributed by atoms with Gasteiger partial charge in [0.2, 0.25) is 0 Å². The maximum Gasteiger partial charge on any atom is 0.163 e. The second-order valence-electron chi connectivity index (χ2n) is 5.21. The third-order valence-corrected chi connectivity index (χ3v) is 3.89. The monoisotopic (exact) mass is 279 g/mol. The number of rotatable bonds is 2. The highest BCUT2D eigenvalue weighted by molar-refractivity contribution is 5.65. The first kappa shape index (κ1) is 12.3. The lowest BCUT2D eigenvalue weighted by Gasteiger charge is -2.29. The fraction of sp³-hybridized carbons (Fsp3) is 0.250. The van der Waals surface area contributed by atoms with Crippen LogP contribution >= 0.6 is 0 Å². The first-order chi connectivity index (χ1) is 10.4. The van der Waals surface area contributed by atoms with Gasteiger partial charge in [0.25, 0.3) is 0 Å². The Hall–Kier alpha value is -2.40. The largest absolute Gasteiger partial charge is 0.369 e. The molecule has 4 heterocycles. The van der Waals surface area contributed by atoms with Gasteiger partial charge in [-0.15, -0.1) is 0 Å². The smallest absolute Gasteiger partial charge is 0.163 e. The fourth-order valence-electron chi connectivity index (χ4n) is 2.79. The van der Waals surface area contributed by atoms with Crippen molar-refractivity contribution in [3.05, 3.63) is 48.9 Å². The van der Waals surface area contributed by atoms with Crippen LogP contribution in [0.3, 0.4) is 0 Å². The molecule has 0 bridgehead atoms. The summed E-state index contributed by atoms with van der Waals surface area (Å²) in [5, 5.41) is 3.38. The van der Waals surface area contributed by atoms with E-state index >= 15 is 0 Å². The Labute approximate surface area is 123 Å². The molecule has 1 aliphatic heterocycles. The standard InChI is InChI=1S/C16H17N5/c1-2-5-18-15(3-1)16-19-12-14-11-13(4-8-21(14)16)20-9-6-17-7-10-20/h1-5,8,11-12,17H,6-7,9-10H2. The van der Waals surface area contributed by atoms with Gasteiger partial charge in [0, 0.05) is 44.3 Å². The highest BCUT2D eigenvalue weighted by atomic mass is 15.2. The molecule has 0 atom stereocenters. The molecule has 1 saturated heterocycles. The number of imidazole rings is 1. The van der Waals surface area contributed by atoms with Gasteiger partial charge in [-0.1, -0.05) is 6.07 Å². The van der Waals surface area contributed by atoms with Crippen LogP contribution in [0.4, 0.5) is 5.69 Å². The lowest BCUT2D eigenvalue weighted by molar-refractivity contribution is 0.589. The van der Waals surface area contributed by atoms with Crippen molar-refractivity contribution in [2.24, 2.45) is 0 Å². The molecule has 21 heavy (non-hydrogen) atoms. The van der Waals surface area contributed by atoms with E-state index in [1.54, 1.807) is 6.20 Å². The molecule has 4 rings (SSSR count). The van der Waals surface area contributed by atoms with Crippen molar-refractivity contribution in [1.29, 1.82) is 0 Å². The Morgan fingerprint density at radius 1 is 1.05 bits per heavy atom. The molecule has 0 aromatic carbocycles. The molecule has 1 aliphatic rings. The van der Waals surface area contributed by atoms with Gasteiger partial charge in [0.1, 0.15) is 5.69 Å². The average molecular weight is 279 g/mol. The molecule has 106 valence electrons. The Morgan fingerprint density at radius 2 is 1.95 bits per heavy atom. The summed E-state index contributed by atoms with van der Waals surface area (Å²) in [4.78, 5) is 11.3. The zero-order chi connectivity index (χ0) is 14.1. The molecule has 1 fully saturated rings. The number of hydrogen-bond donors (Lipinski definition) is 1. The van der Waals surface area contributed by atoms with Crippen molar-refractivity contribution in [1.82, 2.24) is 19.7 Å². The third-order valence-electron chi connectivity index (χ3n) is 3.89. The number of aromatic nitrogens is 3. The number of nitrogens with zero attached hydrogens (tertiary/aromatic N) is 4. The van der Waals surface area contributed by atoms with Gasteiger partial charge in [0.05, 0.1) is 11.7 Å².